The Bertz CT molecular complexity index is 1650. The van der Waals surface area contributed by atoms with Gasteiger partial charge < -0.3 is 20.2 Å². The number of aromatic nitrogens is 1. The SMILES string of the molecule is CC(C)(C)OC(=O)N1CCCCC1C(=O)N[C@@H](Cc1ccc(-c2ccc3c(c2)sc(=O)n3CCO[Si](C)(C)C(C)(C)C)cc1)C(N)=O. The Balaban J connectivity index is 1.42. The molecule has 256 valence electrons. The van der Waals surface area contributed by atoms with Gasteiger partial charge in [0.25, 0.3) is 0 Å². The Kier molecular flexibility index (Phi) is 11.1. The lowest BCUT2D eigenvalue weighted by Gasteiger charge is -2.36. The highest BCUT2D eigenvalue weighted by atomic mass is 32.1. The van der Waals surface area contributed by atoms with E-state index in [1.165, 1.54) is 16.2 Å². The normalized spacial score (nSPS) is 16.6. The van der Waals surface area contributed by atoms with Gasteiger partial charge in [0.15, 0.2) is 8.32 Å². The molecular formula is C35H50N4O6SSi. The van der Waals surface area contributed by atoms with Crippen molar-refractivity contribution in [2.45, 2.75) is 110 Å². The van der Waals surface area contributed by atoms with Crippen LogP contribution in [-0.4, -0.2) is 66.5 Å². The maximum atomic E-state index is 13.3. The summed E-state index contributed by atoms with van der Waals surface area (Å²) < 4.78 is 14.5. The van der Waals surface area contributed by atoms with Crippen LogP contribution in [0.25, 0.3) is 21.3 Å². The summed E-state index contributed by atoms with van der Waals surface area (Å²) >= 11 is 1.23. The average Bonchev–Trinajstić information content (AvgIpc) is 3.29. The van der Waals surface area contributed by atoms with E-state index >= 15 is 0 Å². The Labute approximate surface area is 282 Å². The molecule has 1 aromatic heterocycles. The summed E-state index contributed by atoms with van der Waals surface area (Å²) in [4.78, 5) is 52.8. The summed E-state index contributed by atoms with van der Waals surface area (Å²) in [5.41, 5.74) is 8.66. The number of rotatable bonds is 10. The molecule has 0 aliphatic carbocycles. The highest BCUT2D eigenvalue weighted by Gasteiger charge is 2.37. The van der Waals surface area contributed by atoms with Crippen LogP contribution in [0.4, 0.5) is 4.79 Å². The number of carbonyl (C=O) groups is 3. The number of likely N-dealkylation sites (tertiary alicyclic amines) is 1. The fourth-order valence-corrected chi connectivity index (χ4v) is 7.36. The number of thiazole rings is 1. The molecule has 1 saturated heterocycles. The number of piperidine rings is 1. The van der Waals surface area contributed by atoms with E-state index in [1.54, 1.807) is 25.3 Å². The van der Waals surface area contributed by atoms with Crippen LogP contribution in [0.2, 0.25) is 18.1 Å². The topological polar surface area (TPSA) is 133 Å². The molecule has 1 aliphatic heterocycles. The first-order valence-corrected chi connectivity index (χ1v) is 20.0. The Morgan fingerprint density at radius 2 is 1.68 bits per heavy atom. The number of nitrogens with one attached hydrogen (secondary N) is 1. The van der Waals surface area contributed by atoms with Crippen LogP contribution >= 0.6 is 11.3 Å². The van der Waals surface area contributed by atoms with E-state index in [9.17, 15) is 19.2 Å². The summed E-state index contributed by atoms with van der Waals surface area (Å²) in [5.74, 6) is -1.07. The molecule has 4 rings (SSSR count). The van der Waals surface area contributed by atoms with Crippen molar-refractivity contribution in [2.75, 3.05) is 13.2 Å². The number of carbonyl (C=O) groups excluding carboxylic acids is 3. The molecule has 2 atom stereocenters. The summed E-state index contributed by atoms with van der Waals surface area (Å²) in [6, 6.07) is 12.0. The zero-order valence-electron chi connectivity index (χ0n) is 29.0. The lowest BCUT2D eigenvalue weighted by Crippen LogP contribution is -2.56. The number of benzene rings is 2. The first kappa shape index (κ1) is 36.4. The summed E-state index contributed by atoms with van der Waals surface area (Å²) in [7, 11) is -1.91. The number of amides is 3. The molecule has 0 spiro atoms. The molecule has 2 heterocycles. The van der Waals surface area contributed by atoms with Gasteiger partial charge in [-0.05, 0) is 87.0 Å². The third kappa shape index (κ3) is 9.11. The molecule has 12 heteroatoms. The van der Waals surface area contributed by atoms with E-state index < -0.39 is 43.9 Å². The molecule has 1 fully saturated rings. The standard InChI is InChI=1S/C35H50N4O6SSi/c1-34(2,3)45-32(42)38-18-10-9-11-28(38)31(41)37-26(30(36)40)21-23-12-14-24(15-13-23)25-16-17-27-29(22-25)46-33(43)39(27)19-20-44-47(7,8)35(4,5)6/h12-17,22,26,28H,9-11,18-21H2,1-8H3,(H2,36,40)(H,37,41)/t26-,28?/m0/s1. The maximum Gasteiger partial charge on any atom is 0.410 e. The number of hydrogen-bond donors (Lipinski definition) is 2. The molecule has 2 aromatic carbocycles. The predicted octanol–water partition coefficient (Wildman–Crippen LogP) is 6.05. The monoisotopic (exact) mass is 682 g/mol. The molecule has 3 amide bonds. The van der Waals surface area contributed by atoms with Crippen LogP contribution in [0, 0.1) is 0 Å². The summed E-state index contributed by atoms with van der Waals surface area (Å²) in [6.07, 6.45) is 1.72. The number of nitrogens with two attached hydrogens (primary N) is 1. The fraction of sp³-hybridized carbons (Fsp3) is 0.543. The number of nitrogens with zero attached hydrogens (tertiary/aromatic N) is 2. The third-order valence-corrected chi connectivity index (χ3v) is 14.6. The average molecular weight is 683 g/mol. The van der Waals surface area contributed by atoms with Crippen molar-refractivity contribution >= 4 is 47.8 Å². The number of ether oxygens (including phenoxy) is 1. The highest BCUT2D eigenvalue weighted by Crippen LogP contribution is 2.36. The number of hydrogen-bond acceptors (Lipinski definition) is 7. The van der Waals surface area contributed by atoms with Crippen LogP contribution in [0.15, 0.2) is 47.3 Å². The minimum atomic E-state index is -1.91. The minimum absolute atomic E-state index is 0.00619. The summed E-state index contributed by atoms with van der Waals surface area (Å²) in [5, 5.41) is 2.89. The van der Waals surface area contributed by atoms with Gasteiger partial charge in [-0.1, -0.05) is 62.4 Å². The third-order valence-electron chi connectivity index (χ3n) is 9.07. The van der Waals surface area contributed by atoms with Gasteiger partial charge in [-0.2, -0.15) is 0 Å². The Morgan fingerprint density at radius 1 is 1.02 bits per heavy atom. The van der Waals surface area contributed by atoms with E-state index in [0.717, 1.165) is 39.7 Å². The van der Waals surface area contributed by atoms with Crippen molar-refractivity contribution in [3.8, 4) is 11.1 Å². The van der Waals surface area contributed by atoms with Gasteiger partial charge in [-0.15, -0.1) is 0 Å². The minimum Gasteiger partial charge on any atom is -0.444 e. The quantitative estimate of drug-likeness (QED) is 0.250. The van der Waals surface area contributed by atoms with Crippen molar-refractivity contribution in [1.82, 2.24) is 14.8 Å². The zero-order valence-corrected chi connectivity index (χ0v) is 30.8. The first-order chi connectivity index (χ1) is 21.9. The molecule has 3 N–H and O–H groups in total. The second kappa shape index (κ2) is 14.3. The lowest BCUT2D eigenvalue weighted by atomic mass is 9.99. The second-order valence-corrected chi connectivity index (χ2v) is 20.7. The smallest absolute Gasteiger partial charge is 0.410 e. The summed E-state index contributed by atoms with van der Waals surface area (Å²) in [6.45, 7) is 17.8. The number of primary amides is 1. The highest BCUT2D eigenvalue weighted by molar-refractivity contribution is 7.16. The Morgan fingerprint density at radius 3 is 2.30 bits per heavy atom. The van der Waals surface area contributed by atoms with Crippen molar-refractivity contribution < 1.29 is 23.5 Å². The van der Waals surface area contributed by atoms with Gasteiger partial charge in [0, 0.05) is 19.5 Å². The van der Waals surface area contributed by atoms with Gasteiger partial charge in [0.05, 0.1) is 16.8 Å². The van der Waals surface area contributed by atoms with E-state index in [2.05, 4.69) is 39.2 Å². The molecule has 1 aliphatic rings. The molecule has 0 radical (unpaired) electrons. The van der Waals surface area contributed by atoms with Gasteiger partial charge >= 0.3 is 11.0 Å². The van der Waals surface area contributed by atoms with E-state index in [4.69, 9.17) is 14.9 Å². The van der Waals surface area contributed by atoms with Crippen LogP contribution in [0.5, 0.6) is 0 Å². The fourth-order valence-electron chi connectivity index (χ4n) is 5.37. The van der Waals surface area contributed by atoms with Crippen molar-refractivity contribution in [3.05, 3.63) is 57.7 Å². The maximum absolute atomic E-state index is 13.3. The largest absolute Gasteiger partial charge is 0.444 e. The van der Waals surface area contributed by atoms with Crippen LogP contribution in [0.1, 0.15) is 66.4 Å². The first-order valence-electron chi connectivity index (χ1n) is 16.3. The van der Waals surface area contributed by atoms with E-state index in [0.29, 0.717) is 26.1 Å². The molecule has 10 nitrogen and oxygen atoms in total. The van der Waals surface area contributed by atoms with E-state index in [-0.39, 0.29) is 16.3 Å². The van der Waals surface area contributed by atoms with Crippen molar-refractivity contribution in [2.24, 2.45) is 5.73 Å². The van der Waals surface area contributed by atoms with Gasteiger partial charge in [0.2, 0.25) is 11.8 Å². The molecule has 3 aromatic rings. The number of fused-ring (bicyclic) bond motifs is 1. The molecule has 0 saturated carbocycles. The van der Waals surface area contributed by atoms with Gasteiger partial charge in [0.1, 0.15) is 17.7 Å². The molecule has 1 unspecified atom stereocenters. The van der Waals surface area contributed by atoms with Crippen LogP contribution in [-0.2, 0) is 31.7 Å². The Hall–Kier alpha value is -3.48. The van der Waals surface area contributed by atoms with Gasteiger partial charge in [-0.3, -0.25) is 23.9 Å². The lowest BCUT2D eigenvalue weighted by molar-refractivity contribution is -0.131. The van der Waals surface area contributed by atoms with Crippen molar-refractivity contribution in [1.29, 1.82) is 0 Å². The predicted molar refractivity (Wildman–Crippen MR) is 190 cm³/mol. The zero-order chi connectivity index (χ0) is 34.7. The van der Waals surface area contributed by atoms with Crippen LogP contribution in [0.3, 0.4) is 0 Å². The molecule has 0 bridgehead atoms. The van der Waals surface area contributed by atoms with Gasteiger partial charge in [-0.25, -0.2) is 4.79 Å². The van der Waals surface area contributed by atoms with Crippen molar-refractivity contribution in [3.63, 3.8) is 0 Å². The second-order valence-electron chi connectivity index (χ2n) is 14.9. The molecule has 47 heavy (non-hydrogen) atoms. The van der Waals surface area contributed by atoms with Crippen LogP contribution < -0.4 is 15.9 Å². The molecular weight excluding hydrogens is 633 g/mol. The van der Waals surface area contributed by atoms with E-state index in [1.807, 2.05) is 42.5 Å².